The zero-order valence-corrected chi connectivity index (χ0v) is 7.96. The molecule has 4 nitrogen and oxygen atoms in total. The van der Waals surface area contributed by atoms with Gasteiger partial charge in [-0.15, -0.1) is 0 Å². The molecule has 0 radical (unpaired) electrons. The molecule has 0 aromatic heterocycles. The van der Waals surface area contributed by atoms with Gasteiger partial charge in [-0.25, -0.2) is 4.79 Å². The van der Waals surface area contributed by atoms with Gasteiger partial charge >= 0.3 is 6.09 Å². The number of nitriles is 1. The maximum absolute atomic E-state index is 10.4. The van der Waals surface area contributed by atoms with Gasteiger partial charge in [0.05, 0.1) is 11.6 Å². The lowest BCUT2D eigenvalue weighted by Crippen LogP contribution is -2.07. The van der Waals surface area contributed by atoms with Gasteiger partial charge in [0.2, 0.25) is 0 Å². The minimum atomic E-state index is -1.10. The number of hydrogen-bond acceptors (Lipinski definition) is 2. The van der Waals surface area contributed by atoms with Crippen molar-refractivity contribution in [1.82, 2.24) is 0 Å². The first-order valence-corrected chi connectivity index (χ1v) is 4.06. The summed E-state index contributed by atoms with van der Waals surface area (Å²) in [6.45, 7) is 3.55. The van der Waals surface area contributed by atoms with Crippen molar-refractivity contribution in [2.24, 2.45) is 0 Å². The molecule has 72 valence electrons. The van der Waals surface area contributed by atoms with Crippen LogP contribution in [0.3, 0.4) is 0 Å². The number of rotatable bonds is 1. The number of benzene rings is 1. The second-order valence-corrected chi connectivity index (χ2v) is 3.03. The molecule has 14 heavy (non-hydrogen) atoms. The Morgan fingerprint density at radius 3 is 2.29 bits per heavy atom. The quantitative estimate of drug-likeness (QED) is 0.713. The van der Waals surface area contributed by atoms with E-state index < -0.39 is 6.09 Å². The van der Waals surface area contributed by atoms with E-state index in [0.29, 0.717) is 11.3 Å². The van der Waals surface area contributed by atoms with Gasteiger partial charge < -0.3 is 5.11 Å². The smallest absolute Gasteiger partial charge is 0.409 e. The van der Waals surface area contributed by atoms with Crippen molar-refractivity contribution in [2.45, 2.75) is 13.8 Å². The molecule has 1 aromatic carbocycles. The summed E-state index contributed by atoms with van der Waals surface area (Å²) in [7, 11) is 0. The van der Waals surface area contributed by atoms with Crippen LogP contribution >= 0.6 is 0 Å². The van der Waals surface area contributed by atoms with E-state index in [1.54, 1.807) is 26.0 Å². The van der Waals surface area contributed by atoms with E-state index in [1.807, 2.05) is 0 Å². The highest BCUT2D eigenvalue weighted by atomic mass is 16.4. The zero-order chi connectivity index (χ0) is 10.7. The molecule has 0 saturated carbocycles. The first kappa shape index (κ1) is 10.1. The van der Waals surface area contributed by atoms with Crippen LogP contribution < -0.4 is 5.32 Å². The Morgan fingerprint density at radius 2 is 1.93 bits per heavy atom. The van der Waals surface area contributed by atoms with Gasteiger partial charge in [-0.1, -0.05) is 0 Å². The molecule has 0 bridgehead atoms. The van der Waals surface area contributed by atoms with Gasteiger partial charge in [0, 0.05) is 5.69 Å². The SMILES string of the molecule is Cc1cc(NC(=O)O)cc(C)c1C#N. The van der Waals surface area contributed by atoms with Crippen LogP contribution in [0.5, 0.6) is 0 Å². The van der Waals surface area contributed by atoms with Crippen LogP contribution in [0.25, 0.3) is 0 Å². The van der Waals surface area contributed by atoms with E-state index in [2.05, 4.69) is 11.4 Å². The molecule has 2 N–H and O–H groups in total. The molecule has 0 fully saturated rings. The monoisotopic (exact) mass is 190 g/mol. The first-order chi connectivity index (χ1) is 6.54. The van der Waals surface area contributed by atoms with Gasteiger partial charge in [-0.05, 0) is 37.1 Å². The molecule has 0 atom stereocenters. The van der Waals surface area contributed by atoms with Crippen LogP contribution in [0.2, 0.25) is 0 Å². The summed E-state index contributed by atoms with van der Waals surface area (Å²) in [6, 6.07) is 5.35. The third-order valence-electron chi connectivity index (χ3n) is 1.90. The summed E-state index contributed by atoms with van der Waals surface area (Å²) in [5, 5.41) is 19.5. The largest absolute Gasteiger partial charge is 0.465 e. The third kappa shape index (κ3) is 2.02. The van der Waals surface area contributed by atoms with Crippen LogP contribution in [0.1, 0.15) is 16.7 Å². The molecule has 0 unspecified atom stereocenters. The van der Waals surface area contributed by atoms with Crippen LogP contribution in [-0.4, -0.2) is 11.2 Å². The fourth-order valence-electron chi connectivity index (χ4n) is 1.34. The van der Waals surface area contributed by atoms with Crippen molar-refractivity contribution in [3.05, 3.63) is 28.8 Å². The van der Waals surface area contributed by atoms with Crippen LogP contribution in [0, 0.1) is 25.2 Å². The number of nitrogens with one attached hydrogen (secondary N) is 1. The van der Waals surface area contributed by atoms with E-state index in [0.717, 1.165) is 11.1 Å². The predicted molar refractivity (Wildman–Crippen MR) is 52.3 cm³/mol. The molecule has 0 aliphatic carbocycles. The number of carboxylic acid groups (broad SMARTS) is 1. The second kappa shape index (κ2) is 3.79. The van der Waals surface area contributed by atoms with Gasteiger partial charge in [-0.3, -0.25) is 5.32 Å². The summed E-state index contributed by atoms with van der Waals surface area (Å²) in [6.07, 6.45) is -1.10. The van der Waals surface area contributed by atoms with Crippen molar-refractivity contribution < 1.29 is 9.90 Å². The molecule has 0 aliphatic heterocycles. The van der Waals surface area contributed by atoms with Crippen molar-refractivity contribution >= 4 is 11.8 Å². The van der Waals surface area contributed by atoms with Crippen LogP contribution in [0.15, 0.2) is 12.1 Å². The molecular formula is C10H10N2O2. The van der Waals surface area contributed by atoms with Crippen LogP contribution in [-0.2, 0) is 0 Å². The van der Waals surface area contributed by atoms with Gasteiger partial charge in [0.15, 0.2) is 0 Å². The van der Waals surface area contributed by atoms with Gasteiger partial charge in [0.25, 0.3) is 0 Å². The average Bonchev–Trinajstić information content (AvgIpc) is 2.01. The number of carbonyl (C=O) groups is 1. The Bertz CT molecular complexity index is 396. The minimum absolute atomic E-state index is 0.492. The lowest BCUT2D eigenvalue weighted by atomic mass is 10.0. The number of amides is 1. The summed E-state index contributed by atoms with van der Waals surface area (Å²) in [4.78, 5) is 10.4. The lowest BCUT2D eigenvalue weighted by molar-refractivity contribution is 0.210. The number of hydrogen-bond donors (Lipinski definition) is 2. The Labute approximate surface area is 81.8 Å². The highest BCUT2D eigenvalue weighted by molar-refractivity contribution is 5.83. The summed E-state index contributed by atoms with van der Waals surface area (Å²) >= 11 is 0. The number of anilines is 1. The van der Waals surface area contributed by atoms with Crippen molar-refractivity contribution in [3.8, 4) is 6.07 Å². The normalized spacial score (nSPS) is 9.21. The third-order valence-corrected chi connectivity index (χ3v) is 1.90. The summed E-state index contributed by atoms with van der Waals surface area (Å²) in [5.74, 6) is 0. The highest BCUT2D eigenvalue weighted by Crippen LogP contribution is 2.19. The Morgan fingerprint density at radius 1 is 1.43 bits per heavy atom. The van der Waals surface area contributed by atoms with E-state index in [9.17, 15) is 4.79 Å². The second-order valence-electron chi connectivity index (χ2n) is 3.03. The molecule has 4 heteroatoms. The molecule has 1 rings (SSSR count). The Balaban J connectivity index is 3.15. The van der Waals surface area contributed by atoms with Crippen LogP contribution in [0.4, 0.5) is 10.5 Å². The molecule has 0 heterocycles. The van der Waals surface area contributed by atoms with E-state index in [-0.39, 0.29) is 0 Å². The molecule has 1 amide bonds. The Hall–Kier alpha value is -2.02. The van der Waals surface area contributed by atoms with E-state index in [4.69, 9.17) is 10.4 Å². The van der Waals surface area contributed by atoms with Crippen molar-refractivity contribution in [2.75, 3.05) is 5.32 Å². The fraction of sp³-hybridized carbons (Fsp3) is 0.200. The van der Waals surface area contributed by atoms with Crippen molar-refractivity contribution in [3.63, 3.8) is 0 Å². The fourth-order valence-corrected chi connectivity index (χ4v) is 1.34. The standard InChI is InChI=1S/C10H10N2O2/c1-6-3-8(12-10(13)14)4-7(2)9(6)5-11/h3-4,12H,1-2H3,(H,13,14). The first-order valence-electron chi connectivity index (χ1n) is 4.06. The maximum Gasteiger partial charge on any atom is 0.409 e. The topological polar surface area (TPSA) is 73.1 Å². The average molecular weight is 190 g/mol. The Kier molecular flexibility index (Phi) is 2.73. The molecule has 0 saturated heterocycles. The highest BCUT2D eigenvalue weighted by Gasteiger charge is 2.05. The van der Waals surface area contributed by atoms with Gasteiger partial charge in [0.1, 0.15) is 0 Å². The minimum Gasteiger partial charge on any atom is -0.465 e. The van der Waals surface area contributed by atoms with E-state index in [1.165, 1.54) is 0 Å². The molecule has 0 spiro atoms. The summed E-state index contributed by atoms with van der Waals surface area (Å²) < 4.78 is 0. The molecular weight excluding hydrogens is 180 g/mol. The number of nitrogens with zero attached hydrogens (tertiary/aromatic N) is 1. The lowest BCUT2D eigenvalue weighted by Gasteiger charge is -2.06. The zero-order valence-electron chi connectivity index (χ0n) is 7.96. The van der Waals surface area contributed by atoms with Crippen molar-refractivity contribution in [1.29, 1.82) is 5.26 Å². The molecule has 1 aromatic rings. The maximum atomic E-state index is 10.4. The molecule has 0 aliphatic rings. The summed E-state index contributed by atoms with van der Waals surface area (Å²) in [5.41, 5.74) is 2.64. The predicted octanol–water partition coefficient (Wildman–Crippen LogP) is 2.27. The number of aryl methyl sites for hydroxylation is 2. The van der Waals surface area contributed by atoms with Gasteiger partial charge in [-0.2, -0.15) is 5.26 Å². The van der Waals surface area contributed by atoms with E-state index >= 15 is 0 Å².